The molecule has 1 amide bonds. The van der Waals surface area contributed by atoms with Crippen molar-refractivity contribution in [2.75, 3.05) is 7.05 Å². The molecule has 3 N–H and O–H groups in total. The average molecular weight is 290 g/mol. The molecular weight excluding hydrogens is 264 g/mol. The van der Waals surface area contributed by atoms with Crippen LogP contribution in [0.5, 0.6) is 5.75 Å². The zero-order valence-electron chi connectivity index (χ0n) is 13.2. The van der Waals surface area contributed by atoms with E-state index in [2.05, 4.69) is 17.4 Å². The summed E-state index contributed by atoms with van der Waals surface area (Å²) in [5.41, 5.74) is 7.56. The Hall–Kier alpha value is -1.55. The molecule has 1 aliphatic carbocycles. The van der Waals surface area contributed by atoms with Crippen LogP contribution in [0.25, 0.3) is 0 Å². The summed E-state index contributed by atoms with van der Waals surface area (Å²) in [6.07, 6.45) is 5.29. The Kier molecular flexibility index (Phi) is 4.88. The molecule has 2 atom stereocenters. The van der Waals surface area contributed by atoms with Crippen molar-refractivity contribution in [3.8, 4) is 5.75 Å². The lowest BCUT2D eigenvalue weighted by Crippen LogP contribution is -2.53. The number of rotatable bonds is 6. The fraction of sp³-hybridized carbons (Fsp3) is 0.588. The molecule has 1 aromatic carbocycles. The van der Waals surface area contributed by atoms with Crippen LogP contribution in [0.1, 0.15) is 44.2 Å². The molecular formula is C17H26N2O2. The number of fused-ring (bicyclic) bond motifs is 1. The number of nitrogens with two attached hydrogens (primary N) is 1. The minimum Gasteiger partial charge on any atom is -0.491 e. The molecule has 4 heteroatoms. The lowest BCUT2D eigenvalue weighted by Gasteiger charge is -2.29. The molecule has 2 unspecified atom stereocenters. The summed E-state index contributed by atoms with van der Waals surface area (Å²) in [6.45, 7) is 3.78. The smallest absolute Gasteiger partial charge is 0.237 e. The van der Waals surface area contributed by atoms with Crippen molar-refractivity contribution in [1.29, 1.82) is 0 Å². The van der Waals surface area contributed by atoms with Crippen molar-refractivity contribution in [3.63, 3.8) is 0 Å². The van der Waals surface area contributed by atoms with Gasteiger partial charge in [0.25, 0.3) is 0 Å². The van der Waals surface area contributed by atoms with Crippen molar-refractivity contribution in [3.05, 3.63) is 29.3 Å². The minimum atomic E-state index is -0.742. The lowest BCUT2D eigenvalue weighted by atomic mass is 9.91. The van der Waals surface area contributed by atoms with Gasteiger partial charge in [-0.05, 0) is 69.8 Å². The van der Waals surface area contributed by atoms with E-state index in [1.807, 2.05) is 19.9 Å². The first-order valence-electron chi connectivity index (χ1n) is 7.72. The standard InChI is InChI=1S/C17H26N2O2/c1-12(11-17(2,19-3)16(18)20)21-15-9-8-13-6-4-5-7-14(13)10-15/h8-10,12,19H,4-7,11H2,1-3H3,(H2,18,20). The van der Waals surface area contributed by atoms with E-state index >= 15 is 0 Å². The maximum atomic E-state index is 11.5. The van der Waals surface area contributed by atoms with Gasteiger partial charge in [-0.3, -0.25) is 4.79 Å². The molecule has 0 heterocycles. The Morgan fingerprint density at radius 3 is 2.67 bits per heavy atom. The number of amides is 1. The third kappa shape index (κ3) is 3.76. The van der Waals surface area contributed by atoms with Crippen LogP contribution in [0.3, 0.4) is 0 Å². The monoisotopic (exact) mass is 290 g/mol. The van der Waals surface area contributed by atoms with Crippen molar-refractivity contribution < 1.29 is 9.53 Å². The molecule has 0 saturated heterocycles. The first-order valence-corrected chi connectivity index (χ1v) is 7.72. The number of hydrogen-bond donors (Lipinski definition) is 2. The molecule has 4 nitrogen and oxygen atoms in total. The summed E-state index contributed by atoms with van der Waals surface area (Å²) in [6, 6.07) is 6.34. The van der Waals surface area contributed by atoms with E-state index in [1.54, 1.807) is 7.05 Å². The predicted octanol–water partition coefficient (Wildman–Crippen LogP) is 2.19. The second kappa shape index (κ2) is 6.48. The molecule has 1 aliphatic rings. The number of nitrogens with one attached hydrogen (secondary N) is 1. The Bertz CT molecular complexity index is 516. The van der Waals surface area contributed by atoms with Crippen molar-refractivity contribution in [2.24, 2.45) is 5.73 Å². The van der Waals surface area contributed by atoms with Gasteiger partial charge in [0.15, 0.2) is 0 Å². The van der Waals surface area contributed by atoms with E-state index in [0.29, 0.717) is 6.42 Å². The highest BCUT2D eigenvalue weighted by molar-refractivity contribution is 5.84. The van der Waals surface area contributed by atoms with Gasteiger partial charge in [-0.1, -0.05) is 6.07 Å². The molecule has 0 aromatic heterocycles. The highest BCUT2D eigenvalue weighted by Crippen LogP contribution is 2.26. The second-order valence-corrected chi connectivity index (χ2v) is 6.22. The number of hydrogen-bond acceptors (Lipinski definition) is 3. The quantitative estimate of drug-likeness (QED) is 0.844. The highest BCUT2D eigenvalue weighted by Gasteiger charge is 2.31. The first-order chi connectivity index (χ1) is 9.94. The molecule has 1 aromatic rings. The van der Waals surface area contributed by atoms with Crippen LogP contribution < -0.4 is 15.8 Å². The molecule has 2 rings (SSSR count). The van der Waals surface area contributed by atoms with Gasteiger partial charge < -0.3 is 15.8 Å². The van der Waals surface area contributed by atoms with Gasteiger partial charge in [0.05, 0.1) is 11.6 Å². The fourth-order valence-corrected chi connectivity index (χ4v) is 2.96. The normalized spacial score (nSPS) is 18.4. The number of aryl methyl sites for hydroxylation is 2. The first kappa shape index (κ1) is 15.8. The summed E-state index contributed by atoms with van der Waals surface area (Å²) in [7, 11) is 1.75. The van der Waals surface area contributed by atoms with Gasteiger partial charge in [-0.2, -0.15) is 0 Å². The third-order valence-electron chi connectivity index (χ3n) is 4.45. The number of likely N-dealkylation sites (N-methyl/N-ethyl adjacent to an activating group) is 1. The van der Waals surface area contributed by atoms with Crippen LogP contribution in [0, 0.1) is 0 Å². The summed E-state index contributed by atoms with van der Waals surface area (Å²) < 4.78 is 5.98. The zero-order valence-corrected chi connectivity index (χ0v) is 13.2. The summed E-state index contributed by atoms with van der Waals surface area (Å²) in [4.78, 5) is 11.5. The van der Waals surface area contributed by atoms with E-state index in [-0.39, 0.29) is 12.0 Å². The van der Waals surface area contributed by atoms with Gasteiger partial charge in [0.2, 0.25) is 5.91 Å². The summed E-state index contributed by atoms with van der Waals surface area (Å²) in [5.74, 6) is 0.525. The van der Waals surface area contributed by atoms with Crippen LogP contribution >= 0.6 is 0 Å². The van der Waals surface area contributed by atoms with Gasteiger partial charge in [-0.25, -0.2) is 0 Å². The van der Waals surface area contributed by atoms with Gasteiger partial charge in [-0.15, -0.1) is 0 Å². The van der Waals surface area contributed by atoms with Crippen molar-refractivity contribution in [1.82, 2.24) is 5.32 Å². The van der Waals surface area contributed by atoms with Crippen LogP contribution in [0.2, 0.25) is 0 Å². The van der Waals surface area contributed by atoms with Gasteiger partial charge in [0.1, 0.15) is 5.75 Å². The molecule has 21 heavy (non-hydrogen) atoms. The number of benzene rings is 1. The zero-order chi connectivity index (χ0) is 15.5. The average Bonchev–Trinajstić information content (AvgIpc) is 2.46. The van der Waals surface area contributed by atoms with Crippen LogP contribution in [-0.4, -0.2) is 24.6 Å². The van der Waals surface area contributed by atoms with E-state index in [4.69, 9.17) is 10.5 Å². The third-order valence-corrected chi connectivity index (χ3v) is 4.45. The summed E-state index contributed by atoms with van der Waals surface area (Å²) >= 11 is 0. The maximum Gasteiger partial charge on any atom is 0.237 e. The highest BCUT2D eigenvalue weighted by atomic mass is 16.5. The van der Waals surface area contributed by atoms with E-state index in [9.17, 15) is 4.79 Å². The van der Waals surface area contributed by atoms with Crippen molar-refractivity contribution >= 4 is 5.91 Å². The van der Waals surface area contributed by atoms with Crippen LogP contribution in [-0.2, 0) is 17.6 Å². The van der Waals surface area contributed by atoms with Gasteiger partial charge in [0, 0.05) is 6.42 Å². The number of carbonyl (C=O) groups excluding carboxylic acids is 1. The van der Waals surface area contributed by atoms with Crippen LogP contribution in [0.4, 0.5) is 0 Å². The SMILES string of the molecule is CNC(C)(CC(C)Oc1ccc2c(c1)CCCC2)C(N)=O. The molecule has 0 fully saturated rings. The van der Waals surface area contributed by atoms with Gasteiger partial charge >= 0.3 is 0 Å². The second-order valence-electron chi connectivity index (χ2n) is 6.22. The Balaban J connectivity index is 2.02. The molecule has 116 valence electrons. The maximum absolute atomic E-state index is 11.5. The molecule has 0 radical (unpaired) electrons. The Morgan fingerprint density at radius 1 is 1.38 bits per heavy atom. The number of carbonyl (C=O) groups is 1. The fourth-order valence-electron chi connectivity index (χ4n) is 2.96. The predicted molar refractivity (Wildman–Crippen MR) is 84.5 cm³/mol. The number of ether oxygens (including phenoxy) is 1. The largest absolute Gasteiger partial charge is 0.491 e. The van der Waals surface area contributed by atoms with E-state index < -0.39 is 5.54 Å². The topological polar surface area (TPSA) is 64.3 Å². The molecule has 0 aliphatic heterocycles. The Labute approximate surface area is 127 Å². The minimum absolute atomic E-state index is 0.0865. The molecule has 0 bridgehead atoms. The Morgan fingerprint density at radius 2 is 2.05 bits per heavy atom. The summed E-state index contributed by atoms with van der Waals surface area (Å²) in [5, 5.41) is 2.99. The molecule has 0 spiro atoms. The van der Waals surface area contributed by atoms with E-state index in [0.717, 1.165) is 12.2 Å². The van der Waals surface area contributed by atoms with E-state index in [1.165, 1.54) is 30.4 Å². The van der Waals surface area contributed by atoms with Crippen molar-refractivity contribution in [2.45, 2.75) is 57.6 Å². The van der Waals surface area contributed by atoms with Crippen LogP contribution in [0.15, 0.2) is 18.2 Å². The lowest BCUT2D eigenvalue weighted by molar-refractivity contribution is -0.124. The number of primary amides is 1. The molecule has 0 saturated carbocycles.